The molecule has 0 saturated carbocycles. The Balaban J connectivity index is 1.62. The SMILES string of the molecule is CN(c1ccc2c(c1)nc(C(C)(F)F)n2CC1CCOCC1)S(=O)(=O)c1ccc(NC(=O)C(C)(C)C)cc1. The second-order valence-corrected chi connectivity index (χ2v) is 12.8. The number of carbonyl (C=O) groups is 1. The molecular formula is C27H34F2N4O4S. The average Bonchev–Trinajstić information content (AvgIpc) is 3.22. The zero-order valence-corrected chi connectivity index (χ0v) is 23.1. The molecular weight excluding hydrogens is 514 g/mol. The van der Waals surface area contributed by atoms with E-state index in [4.69, 9.17) is 4.74 Å². The first-order chi connectivity index (χ1) is 17.7. The van der Waals surface area contributed by atoms with Crippen LogP contribution >= 0.6 is 0 Å². The first-order valence-electron chi connectivity index (χ1n) is 12.5. The predicted octanol–water partition coefficient (Wildman–Crippen LogP) is 5.38. The van der Waals surface area contributed by atoms with Gasteiger partial charge in [-0.05, 0) is 61.2 Å². The number of benzene rings is 2. The molecule has 1 saturated heterocycles. The lowest BCUT2D eigenvalue weighted by molar-refractivity contribution is -0.123. The van der Waals surface area contributed by atoms with Gasteiger partial charge in [0.15, 0.2) is 5.82 Å². The Hall–Kier alpha value is -3.05. The number of imidazole rings is 1. The van der Waals surface area contributed by atoms with Crippen molar-refractivity contribution >= 4 is 38.3 Å². The van der Waals surface area contributed by atoms with Gasteiger partial charge >= 0.3 is 5.92 Å². The van der Waals surface area contributed by atoms with E-state index in [-0.39, 0.29) is 22.5 Å². The maximum Gasteiger partial charge on any atom is 0.302 e. The number of alkyl halides is 2. The van der Waals surface area contributed by atoms with Crippen LogP contribution in [0.1, 0.15) is 46.4 Å². The number of amides is 1. The second-order valence-electron chi connectivity index (χ2n) is 10.9. The molecule has 0 spiro atoms. The van der Waals surface area contributed by atoms with E-state index in [9.17, 15) is 22.0 Å². The number of hydrogen-bond acceptors (Lipinski definition) is 5. The molecule has 8 nitrogen and oxygen atoms in total. The third-order valence-corrected chi connectivity index (χ3v) is 8.52. The molecule has 206 valence electrons. The topological polar surface area (TPSA) is 93.5 Å². The molecule has 3 aromatic rings. The van der Waals surface area contributed by atoms with Crippen molar-refractivity contribution in [3.63, 3.8) is 0 Å². The summed E-state index contributed by atoms with van der Waals surface area (Å²) in [4.78, 5) is 16.5. The largest absolute Gasteiger partial charge is 0.381 e. The van der Waals surface area contributed by atoms with Crippen LogP contribution in [0.5, 0.6) is 0 Å². The minimum Gasteiger partial charge on any atom is -0.381 e. The van der Waals surface area contributed by atoms with Crippen LogP contribution in [0.4, 0.5) is 20.2 Å². The zero-order chi connectivity index (χ0) is 27.9. The molecule has 0 bridgehead atoms. The maximum absolute atomic E-state index is 14.5. The van der Waals surface area contributed by atoms with Crippen molar-refractivity contribution in [3.8, 4) is 0 Å². The fourth-order valence-corrected chi connectivity index (χ4v) is 5.53. The molecule has 1 aliphatic heterocycles. The van der Waals surface area contributed by atoms with Crippen molar-refractivity contribution in [2.75, 3.05) is 29.9 Å². The van der Waals surface area contributed by atoms with E-state index in [0.29, 0.717) is 42.2 Å². The quantitative estimate of drug-likeness (QED) is 0.428. The predicted molar refractivity (Wildman–Crippen MR) is 143 cm³/mol. The van der Waals surface area contributed by atoms with Crippen LogP contribution in [-0.4, -0.2) is 44.1 Å². The Morgan fingerprint density at radius 1 is 1.11 bits per heavy atom. The molecule has 11 heteroatoms. The molecule has 1 aromatic heterocycles. The third kappa shape index (κ3) is 5.83. The van der Waals surface area contributed by atoms with Gasteiger partial charge in [0.2, 0.25) is 5.91 Å². The number of nitrogens with one attached hydrogen (secondary N) is 1. The zero-order valence-electron chi connectivity index (χ0n) is 22.3. The standard InChI is InChI=1S/C27H34F2N4O4S/c1-26(2,3)25(34)30-19-6-9-21(10-7-19)38(35,36)32(5)20-8-11-23-22(16-20)31-24(27(4,28)29)33(23)17-18-12-14-37-15-13-18/h6-11,16,18H,12-15,17H2,1-5H3,(H,30,34). The Kier molecular flexibility index (Phi) is 7.55. The molecule has 1 amide bonds. The van der Waals surface area contributed by atoms with Gasteiger partial charge in [0, 0.05) is 44.8 Å². The van der Waals surface area contributed by atoms with E-state index in [1.165, 1.54) is 37.4 Å². The summed E-state index contributed by atoms with van der Waals surface area (Å²) in [5.74, 6) is -3.49. The number of rotatable bonds is 7. The molecule has 4 rings (SSSR count). The van der Waals surface area contributed by atoms with E-state index in [1.54, 1.807) is 37.5 Å². The number of ether oxygens (including phenoxy) is 1. The summed E-state index contributed by atoms with van der Waals surface area (Å²) in [7, 11) is -2.56. The van der Waals surface area contributed by atoms with Gasteiger partial charge in [0.05, 0.1) is 21.6 Å². The second kappa shape index (κ2) is 10.3. The number of sulfonamides is 1. The molecule has 1 fully saturated rings. The number of aromatic nitrogens is 2. The van der Waals surface area contributed by atoms with Gasteiger partial charge in [-0.3, -0.25) is 9.10 Å². The van der Waals surface area contributed by atoms with Crippen LogP contribution in [0.25, 0.3) is 11.0 Å². The monoisotopic (exact) mass is 548 g/mol. The van der Waals surface area contributed by atoms with E-state index in [0.717, 1.165) is 24.1 Å². The Bertz CT molecular complexity index is 1420. The van der Waals surface area contributed by atoms with Gasteiger partial charge in [-0.25, -0.2) is 13.4 Å². The Morgan fingerprint density at radius 3 is 2.32 bits per heavy atom. The highest BCUT2D eigenvalue weighted by Gasteiger charge is 2.33. The smallest absolute Gasteiger partial charge is 0.302 e. The minimum atomic E-state index is -3.96. The van der Waals surface area contributed by atoms with Crippen LogP contribution in [-0.2, 0) is 32.0 Å². The maximum atomic E-state index is 14.5. The molecule has 2 heterocycles. The Labute approximate surface area is 222 Å². The normalized spacial score (nSPS) is 15.6. The van der Waals surface area contributed by atoms with Crippen LogP contribution in [0.15, 0.2) is 47.4 Å². The number of hydrogen-bond donors (Lipinski definition) is 1. The molecule has 38 heavy (non-hydrogen) atoms. The number of halogens is 2. The number of carbonyl (C=O) groups excluding carboxylic acids is 1. The highest BCUT2D eigenvalue weighted by Crippen LogP contribution is 2.34. The van der Waals surface area contributed by atoms with Gasteiger partial charge in [-0.2, -0.15) is 8.78 Å². The van der Waals surface area contributed by atoms with Crippen molar-refractivity contribution in [2.24, 2.45) is 11.3 Å². The van der Waals surface area contributed by atoms with Gasteiger partial charge in [0.25, 0.3) is 10.0 Å². The summed E-state index contributed by atoms with van der Waals surface area (Å²) in [6.45, 7) is 7.77. The van der Waals surface area contributed by atoms with Crippen molar-refractivity contribution in [2.45, 2.75) is 57.9 Å². The average molecular weight is 549 g/mol. The molecule has 0 atom stereocenters. The number of anilines is 2. The number of fused-ring (bicyclic) bond motifs is 1. The lowest BCUT2D eigenvalue weighted by atomic mass is 9.95. The fourth-order valence-electron chi connectivity index (χ4n) is 4.35. The van der Waals surface area contributed by atoms with Crippen molar-refractivity contribution in [3.05, 3.63) is 48.3 Å². The van der Waals surface area contributed by atoms with E-state index < -0.39 is 21.4 Å². The third-order valence-electron chi connectivity index (χ3n) is 6.72. The fraction of sp³-hybridized carbons (Fsp3) is 0.481. The van der Waals surface area contributed by atoms with Crippen molar-refractivity contribution in [1.29, 1.82) is 0 Å². The molecule has 1 aliphatic rings. The van der Waals surface area contributed by atoms with Gasteiger partial charge in [-0.15, -0.1) is 0 Å². The van der Waals surface area contributed by atoms with Gasteiger partial charge < -0.3 is 14.6 Å². The van der Waals surface area contributed by atoms with Crippen LogP contribution in [0.3, 0.4) is 0 Å². The molecule has 1 N–H and O–H groups in total. The Morgan fingerprint density at radius 2 is 1.74 bits per heavy atom. The summed E-state index contributed by atoms with van der Waals surface area (Å²) in [6.07, 6.45) is 1.57. The summed E-state index contributed by atoms with van der Waals surface area (Å²) < 4.78 is 63.7. The summed E-state index contributed by atoms with van der Waals surface area (Å²) >= 11 is 0. The van der Waals surface area contributed by atoms with Crippen molar-refractivity contribution < 1.29 is 26.7 Å². The van der Waals surface area contributed by atoms with Crippen LogP contribution < -0.4 is 9.62 Å². The summed E-state index contributed by atoms with van der Waals surface area (Å²) in [6, 6.07) is 10.6. The first kappa shape index (κ1) is 28.0. The molecule has 0 aliphatic carbocycles. The molecule has 2 aromatic carbocycles. The summed E-state index contributed by atoms with van der Waals surface area (Å²) in [5, 5.41) is 2.76. The number of nitrogens with zero attached hydrogens (tertiary/aromatic N) is 3. The van der Waals surface area contributed by atoms with E-state index >= 15 is 0 Å². The van der Waals surface area contributed by atoms with E-state index in [2.05, 4.69) is 10.3 Å². The van der Waals surface area contributed by atoms with Gasteiger partial charge in [-0.1, -0.05) is 20.8 Å². The minimum absolute atomic E-state index is 0.0275. The first-order valence-corrected chi connectivity index (χ1v) is 14.0. The van der Waals surface area contributed by atoms with Crippen molar-refractivity contribution in [1.82, 2.24) is 9.55 Å². The van der Waals surface area contributed by atoms with Crippen LogP contribution in [0.2, 0.25) is 0 Å². The lowest BCUT2D eigenvalue weighted by Gasteiger charge is -2.24. The summed E-state index contributed by atoms with van der Waals surface area (Å²) in [5.41, 5.74) is 1.01. The van der Waals surface area contributed by atoms with Crippen LogP contribution in [0, 0.1) is 11.3 Å². The van der Waals surface area contributed by atoms with Gasteiger partial charge in [0.1, 0.15) is 0 Å². The lowest BCUT2D eigenvalue weighted by Crippen LogP contribution is -2.28. The highest BCUT2D eigenvalue weighted by molar-refractivity contribution is 7.92. The highest BCUT2D eigenvalue weighted by atomic mass is 32.2. The molecule has 0 unspecified atom stereocenters. The molecule has 0 radical (unpaired) electrons. The van der Waals surface area contributed by atoms with E-state index in [1.807, 2.05) is 0 Å².